The lowest BCUT2D eigenvalue weighted by molar-refractivity contribution is -0.0500. The molecule has 2 heterocycles. The summed E-state index contributed by atoms with van der Waals surface area (Å²) in [5.41, 5.74) is -5.92. The lowest BCUT2D eigenvalue weighted by atomic mass is 10.3. The van der Waals surface area contributed by atoms with Crippen molar-refractivity contribution in [1.82, 2.24) is 4.98 Å². The van der Waals surface area contributed by atoms with Crippen LogP contribution in [0.15, 0.2) is 22.9 Å². The minimum atomic E-state index is -6.01. The van der Waals surface area contributed by atoms with E-state index in [1.165, 1.54) is 0 Å². The summed E-state index contributed by atoms with van der Waals surface area (Å²) in [6, 6.07) is 1.06. The molecule has 0 saturated carbocycles. The van der Waals surface area contributed by atoms with Gasteiger partial charge in [-0.25, -0.2) is 4.79 Å². The van der Waals surface area contributed by atoms with Gasteiger partial charge in [-0.2, -0.15) is 21.6 Å². The number of carboxylic acids is 1. The third-order valence-corrected chi connectivity index (χ3v) is 3.07. The highest BCUT2D eigenvalue weighted by Crippen LogP contribution is 2.36. The van der Waals surface area contributed by atoms with Crippen LogP contribution >= 0.6 is 0 Å². The average Bonchev–Trinajstić information content (AvgIpc) is 2.67. The van der Waals surface area contributed by atoms with Crippen molar-refractivity contribution >= 4 is 27.1 Å². The summed E-state index contributed by atoms with van der Waals surface area (Å²) in [5, 5.41) is 8.54. The van der Waals surface area contributed by atoms with E-state index in [1.54, 1.807) is 0 Å². The van der Waals surface area contributed by atoms with E-state index >= 15 is 0 Å². The molecule has 0 fully saturated rings. The normalized spacial score (nSPS) is 12.6. The Morgan fingerprint density at radius 3 is 2.60 bits per heavy atom. The third-order valence-electron chi connectivity index (χ3n) is 2.12. The van der Waals surface area contributed by atoms with Crippen molar-refractivity contribution in [1.29, 1.82) is 0 Å². The molecule has 11 heteroatoms. The van der Waals surface area contributed by atoms with Crippen molar-refractivity contribution in [2.75, 3.05) is 0 Å². The molecule has 0 aliphatic carbocycles. The number of hydrogen-bond acceptors (Lipinski definition) is 6. The van der Waals surface area contributed by atoms with Gasteiger partial charge in [0.15, 0.2) is 5.58 Å². The Balaban J connectivity index is 2.65. The lowest BCUT2D eigenvalue weighted by Crippen LogP contribution is -2.28. The first kappa shape index (κ1) is 14.1. The van der Waals surface area contributed by atoms with Crippen molar-refractivity contribution in [3.63, 3.8) is 0 Å². The van der Waals surface area contributed by atoms with Gasteiger partial charge in [0, 0.05) is 6.20 Å². The molecular weight excluding hydrogens is 307 g/mol. The highest BCUT2D eigenvalue weighted by Gasteiger charge is 2.49. The number of pyridine rings is 1. The summed E-state index contributed by atoms with van der Waals surface area (Å²) in [6.07, 6.45) is 2.12. The zero-order chi connectivity index (χ0) is 15.1. The predicted molar refractivity (Wildman–Crippen MR) is 56.6 cm³/mol. The van der Waals surface area contributed by atoms with Crippen LogP contribution in [0.25, 0.3) is 11.0 Å². The monoisotopic (exact) mass is 311 g/mol. The summed E-state index contributed by atoms with van der Waals surface area (Å²) in [6.45, 7) is 0. The van der Waals surface area contributed by atoms with Crippen LogP contribution in [0, 0.1) is 0 Å². The first-order valence-electron chi connectivity index (χ1n) is 4.74. The molecule has 0 aromatic carbocycles. The molecule has 0 atom stereocenters. The summed E-state index contributed by atoms with van der Waals surface area (Å²) in [5.74, 6) is -3.90. The number of hydrogen-bond donors (Lipinski definition) is 1. The van der Waals surface area contributed by atoms with E-state index in [4.69, 9.17) is 9.52 Å². The molecule has 0 bridgehead atoms. The van der Waals surface area contributed by atoms with E-state index in [-0.39, 0.29) is 11.0 Å². The number of nitrogens with zero attached hydrogens (tertiary/aromatic N) is 1. The molecule has 0 unspecified atom stereocenters. The molecule has 2 aromatic rings. The van der Waals surface area contributed by atoms with E-state index in [1.807, 2.05) is 0 Å². The maximum Gasteiger partial charge on any atom is 0.534 e. The maximum atomic E-state index is 12.3. The van der Waals surface area contributed by atoms with Gasteiger partial charge in [-0.1, -0.05) is 0 Å². The zero-order valence-electron chi connectivity index (χ0n) is 9.21. The first-order valence-corrected chi connectivity index (χ1v) is 6.15. The summed E-state index contributed by atoms with van der Waals surface area (Å²) in [7, 11) is -6.01. The van der Waals surface area contributed by atoms with Crippen LogP contribution in [0.1, 0.15) is 10.6 Å². The zero-order valence-corrected chi connectivity index (χ0v) is 10.0. The predicted octanol–water partition coefficient (Wildman–Crippen LogP) is 1.75. The fourth-order valence-electron chi connectivity index (χ4n) is 1.31. The number of rotatable bonds is 3. The van der Waals surface area contributed by atoms with E-state index < -0.39 is 33.1 Å². The molecule has 0 radical (unpaired) electrons. The first-order chi connectivity index (χ1) is 9.13. The largest absolute Gasteiger partial charge is 0.534 e. The molecule has 108 valence electrons. The fourth-order valence-corrected chi connectivity index (χ4v) is 1.79. The minimum absolute atomic E-state index is 0.225. The number of fused-ring (bicyclic) bond motifs is 1. The van der Waals surface area contributed by atoms with Crippen molar-refractivity contribution in [2.45, 2.75) is 5.51 Å². The Morgan fingerprint density at radius 1 is 1.40 bits per heavy atom. The third kappa shape index (κ3) is 2.27. The molecule has 0 aliphatic rings. The van der Waals surface area contributed by atoms with Crippen LogP contribution in [0.3, 0.4) is 0 Å². The van der Waals surface area contributed by atoms with Crippen molar-refractivity contribution < 1.29 is 40.1 Å². The SMILES string of the molecule is O=C(O)c1oc2cnccc2c1OS(=O)(=O)C(F)(F)F. The van der Waals surface area contributed by atoms with Gasteiger partial charge in [0.25, 0.3) is 5.76 Å². The molecule has 1 N–H and O–H groups in total. The molecule has 2 aromatic heterocycles. The molecule has 7 nitrogen and oxygen atoms in total. The Morgan fingerprint density at radius 2 is 2.05 bits per heavy atom. The van der Waals surface area contributed by atoms with Gasteiger partial charge in [-0.15, -0.1) is 0 Å². The highest BCUT2D eigenvalue weighted by molar-refractivity contribution is 7.88. The molecular formula is C9H4F3NO6S. The number of halogens is 3. The summed E-state index contributed by atoms with van der Waals surface area (Å²) < 4.78 is 67.2. The van der Waals surface area contributed by atoms with Crippen LogP contribution in [0.5, 0.6) is 5.75 Å². The second kappa shape index (κ2) is 4.37. The van der Waals surface area contributed by atoms with Crippen molar-refractivity contribution in [3.05, 3.63) is 24.2 Å². The fraction of sp³-hybridized carbons (Fsp3) is 0.111. The molecule has 0 aliphatic heterocycles. The molecule has 0 spiro atoms. The second-order valence-electron chi connectivity index (χ2n) is 3.42. The van der Waals surface area contributed by atoms with Gasteiger partial charge in [-0.05, 0) is 6.07 Å². The molecule has 2 rings (SSSR count). The van der Waals surface area contributed by atoms with E-state index in [9.17, 15) is 26.4 Å². The molecule has 20 heavy (non-hydrogen) atoms. The van der Waals surface area contributed by atoms with Gasteiger partial charge < -0.3 is 13.7 Å². The maximum absolute atomic E-state index is 12.3. The van der Waals surface area contributed by atoms with Crippen LogP contribution < -0.4 is 4.18 Å². The Kier molecular flexibility index (Phi) is 3.08. The van der Waals surface area contributed by atoms with E-state index in [2.05, 4.69) is 9.17 Å². The number of alkyl halides is 3. The number of aromatic carboxylic acids is 1. The summed E-state index contributed by atoms with van der Waals surface area (Å²) >= 11 is 0. The van der Waals surface area contributed by atoms with E-state index in [0.717, 1.165) is 18.5 Å². The lowest BCUT2D eigenvalue weighted by Gasteiger charge is -2.08. The van der Waals surface area contributed by atoms with Crippen LogP contribution in [-0.2, 0) is 10.1 Å². The molecule has 0 amide bonds. The van der Waals surface area contributed by atoms with Gasteiger partial charge in [-0.3, -0.25) is 4.98 Å². The smallest absolute Gasteiger partial charge is 0.475 e. The van der Waals surface area contributed by atoms with Crippen LogP contribution in [0.2, 0.25) is 0 Å². The summed E-state index contributed by atoms with van der Waals surface area (Å²) in [4.78, 5) is 14.4. The Bertz CT molecular complexity index is 779. The standard InChI is InChI=1S/C9H4F3NO6S/c10-9(11,12)20(16,17)19-6-4-1-2-13-3-5(4)18-7(6)8(14)15/h1-3H,(H,14,15). The topological polar surface area (TPSA) is 107 Å². The van der Waals surface area contributed by atoms with Crippen LogP contribution in [0.4, 0.5) is 13.2 Å². The molecule has 0 saturated heterocycles. The van der Waals surface area contributed by atoms with Crippen LogP contribution in [-0.4, -0.2) is 30.0 Å². The van der Waals surface area contributed by atoms with Gasteiger partial charge >= 0.3 is 21.6 Å². The average molecular weight is 311 g/mol. The Hall–Kier alpha value is -2.30. The van der Waals surface area contributed by atoms with Gasteiger partial charge in [0.1, 0.15) is 0 Å². The number of carbonyl (C=O) groups is 1. The number of aromatic nitrogens is 1. The van der Waals surface area contributed by atoms with E-state index in [0.29, 0.717) is 0 Å². The Labute approximate surface area is 108 Å². The van der Waals surface area contributed by atoms with Gasteiger partial charge in [0.05, 0.1) is 11.6 Å². The number of carboxylic acid groups (broad SMARTS) is 1. The van der Waals surface area contributed by atoms with Crippen molar-refractivity contribution in [2.24, 2.45) is 0 Å². The van der Waals surface area contributed by atoms with Gasteiger partial charge in [0.2, 0.25) is 5.75 Å². The second-order valence-corrected chi connectivity index (χ2v) is 4.96. The quantitative estimate of drug-likeness (QED) is 0.679. The highest BCUT2D eigenvalue weighted by atomic mass is 32.2. The minimum Gasteiger partial charge on any atom is -0.475 e. The number of furan rings is 1. The van der Waals surface area contributed by atoms with Crippen molar-refractivity contribution in [3.8, 4) is 5.75 Å².